The molecule has 3 aliphatic rings. The molecule has 3 fully saturated rings. The number of nitrogens with zero attached hydrogens (tertiary/aromatic N) is 6. The first kappa shape index (κ1) is 19.2. The molecule has 6 rings (SSSR count). The molecule has 2 saturated heterocycles. The number of ether oxygens (including phenoxy) is 1. The minimum Gasteiger partial charge on any atom is -0.391 e. The van der Waals surface area contributed by atoms with Gasteiger partial charge in [0.25, 0.3) is 0 Å². The highest BCUT2D eigenvalue weighted by atomic mass is 16.5. The number of aliphatic hydroxyl groups excluding tert-OH is 1. The van der Waals surface area contributed by atoms with Gasteiger partial charge in [0.1, 0.15) is 6.33 Å². The van der Waals surface area contributed by atoms with Crippen molar-refractivity contribution < 1.29 is 9.84 Å². The lowest BCUT2D eigenvalue weighted by atomic mass is 9.77. The third-order valence-corrected chi connectivity index (χ3v) is 7.28. The molecule has 1 saturated carbocycles. The maximum atomic E-state index is 10.9. The van der Waals surface area contributed by atoms with Crippen molar-refractivity contribution in [2.24, 2.45) is 11.8 Å². The Labute approximate surface area is 181 Å². The Bertz CT molecular complexity index is 1050. The molecule has 0 spiro atoms. The molecule has 0 radical (unpaired) electrons. The maximum Gasteiger partial charge on any atom is 0.200 e. The number of fused-ring (bicyclic) bond motifs is 2. The van der Waals surface area contributed by atoms with E-state index in [1.165, 1.54) is 0 Å². The van der Waals surface area contributed by atoms with Crippen LogP contribution in [0.3, 0.4) is 0 Å². The van der Waals surface area contributed by atoms with Crippen molar-refractivity contribution in [3.63, 3.8) is 0 Å². The predicted octanol–water partition coefficient (Wildman–Crippen LogP) is 1.70. The number of benzene rings is 1. The molecule has 1 aliphatic carbocycles. The van der Waals surface area contributed by atoms with E-state index in [1.54, 1.807) is 10.8 Å². The van der Waals surface area contributed by atoms with Gasteiger partial charge in [-0.15, -0.1) is 10.2 Å². The van der Waals surface area contributed by atoms with E-state index in [1.807, 2.05) is 18.2 Å². The molecule has 3 aromatic rings. The SMILES string of the molecule is O[C@@H]1C[C@H]2CN(c3cc(-c4ccccc4)nn4cnnc34)C[C@H]2C[C@H]1N1CCOCC1. The average Bonchev–Trinajstić information content (AvgIpc) is 3.45. The molecule has 0 unspecified atom stereocenters. The molecular weight excluding hydrogens is 392 g/mol. The van der Waals surface area contributed by atoms with Gasteiger partial charge in [-0.2, -0.15) is 9.61 Å². The smallest absolute Gasteiger partial charge is 0.200 e. The summed E-state index contributed by atoms with van der Waals surface area (Å²) in [5.41, 5.74) is 3.88. The van der Waals surface area contributed by atoms with Crippen molar-refractivity contribution in [3.05, 3.63) is 42.7 Å². The first-order chi connectivity index (χ1) is 15.3. The highest BCUT2D eigenvalue weighted by Gasteiger charge is 2.44. The van der Waals surface area contributed by atoms with Crippen LogP contribution < -0.4 is 4.90 Å². The second-order valence-corrected chi connectivity index (χ2v) is 9.06. The number of anilines is 1. The van der Waals surface area contributed by atoms with Crippen LogP contribution in [0.5, 0.6) is 0 Å². The van der Waals surface area contributed by atoms with Gasteiger partial charge in [-0.1, -0.05) is 30.3 Å². The summed E-state index contributed by atoms with van der Waals surface area (Å²) < 4.78 is 7.30. The molecule has 1 N–H and O–H groups in total. The Balaban J connectivity index is 1.28. The number of hydrogen-bond donors (Lipinski definition) is 1. The number of aromatic nitrogens is 4. The van der Waals surface area contributed by atoms with Crippen LogP contribution in [0, 0.1) is 11.8 Å². The van der Waals surface area contributed by atoms with Crippen LogP contribution >= 0.6 is 0 Å². The summed E-state index contributed by atoms with van der Waals surface area (Å²) in [6.07, 6.45) is 3.32. The lowest BCUT2D eigenvalue weighted by Crippen LogP contribution is -2.53. The zero-order chi connectivity index (χ0) is 20.8. The maximum absolute atomic E-state index is 10.9. The summed E-state index contributed by atoms with van der Waals surface area (Å²) in [6, 6.07) is 12.6. The van der Waals surface area contributed by atoms with Crippen molar-refractivity contribution in [3.8, 4) is 11.3 Å². The molecule has 8 nitrogen and oxygen atoms in total. The largest absolute Gasteiger partial charge is 0.391 e. The Kier molecular flexibility index (Phi) is 4.85. The molecule has 4 atom stereocenters. The fourth-order valence-corrected chi connectivity index (χ4v) is 5.70. The first-order valence-corrected chi connectivity index (χ1v) is 11.3. The monoisotopic (exact) mass is 420 g/mol. The van der Waals surface area contributed by atoms with E-state index in [9.17, 15) is 5.11 Å². The van der Waals surface area contributed by atoms with Gasteiger partial charge in [0.15, 0.2) is 0 Å². The highest BCUT2D eigenvalue weighted by Crippen LogP contribution is 2.41. The van der Waals surface area contributed by atoms with E-state index in [-0.39, 0.29) is 12.1 Å². The third-order valence-electron chi connectivity index (χ3n) is 7.28. The van der Waals surface area contributed by atoms with E-state index >= 15 is 0 Å². The molecule has 0 amide bonds. The Morgan fingerprint density at radius 1 is 1.00 bits per heavy atom. The van der Waals surface area contributed by atoms with Crippen molar-refractivity contribution >= 4 is 11.3 Å². The van der Waals surface area contributed by atoms with E-state index in [4.69, 9.17) is 9.84 Å². The van der Waals surface area contributed by atoms with Crippen molar-refractivity contribution in [1.82, 2.24) is 24.7 Å². The average molecular weight is 421 g/mol. The third kappa shape index (κ3) is 3.48. The van der Waals surface area contributed by atoms with Gasteiger partial charge < -0.3 is 14.7 Å². The highest BCUT2D eigenvalue weighted by molar-refractivity contribution is 5.74. The first-order valence-electron chi connectivity index (χ1n) is 11.3. The summed E-state index contributed by atoms with van der Waals surface area (Å²) >= 11 is 0. The number of rotatable bonds is 3. The molecule has 4 heterocycles. The standard InChI is InChI=1S/C23H28N6O2/c30-22-11-18-14-28(13-17(18)10-20(22)27-6-8-31-9-7-27)21-12-19(16-4-2-1-3-5-16)26-29-15-24-25-23(21)29/h1-5,12,15,17-18,20,22,30H,6-11,13-14H2/t17-,18+,20-,22-/m1/s1. The fraction of sp³-hybridized carbons (Fsp3) is 0.522. The topological polar surface area (TPSA) is 79.0 Å². The van der Waals surface area contributed by atoms with Gasteiger partial charge in [0, 0.05) is 37.8 Å². The van der Waals surface area contributed by atoms with E-state index in [0.717, 1.165) is 74.8 Å². The molecule has 162 valence electrons. The summed E-state index contributed by atoms with van der Waals surface area (Å²) in [7, 11) is 0. The van der Waals surface area contributed by atoms with Gasteiger partial charge in [-0.25, -0.2) is 0 Å². The van der Waals surface area contributed by atoms with Crippen LogP contribution in [-0.4, -0.2) is 81.4 Å². The van der Waals surface area contributed by atoms with Gasteiger partial charge in [0.2, 0.25) is 5.65 Å². The fourth-order valence-electron chi connectivity index (χ4n) is 5.70. The minimum atomic E-state index is -0.260. The molecule has 0 bridgehead atoms. The zero-order valence-corrected chi connectivity index (χ0v) is 17.5. The minimum absolute atomic E-state index is 0.246. The lowest BCUT2D eigenvalue weighted by Gasteiger charge is -2.43. The lowest BCUT2D eigenvalue weighted by molar-refractivity contribution is -0.0520. The molecule has 8 heteroatoms. The summed E-state index contributed by atoms with van der Waals surface area (Å²) in [5, 5.41) is 24.1. The Morgan fingerprint density at radius 2 is 1.77 bits per heavy atom. The Hall–Kier alpha value is -2.55. The van der Waals surface area contributed by atoms with Crippen molar-refractivity contribution in [2.75, 3.05) is 44.3 Å². The second kappa shape index (κ2) is 7.85. The van der Waals surface area contributed by atoms with Crippen LogP contribution in [0.4, 0.5) is 5.69 Å². The molecular formula is C23H28N6O2. The predicted molar refractivity (Wildman–Crippen MR) is 117 cm³/mol. The molecule has 31 heavy (non-hydrogen) atoms. The van der Waals surface area contributed by atoms with Gasteiger partial charge in [0.05, 0.1) is 30.7 Å². The quantitative estimate of drug-likeness (QED) is 0.691. The van der Waals surface area contributed by atoms with E-state index in [0.29, 0.717) is 11.8 Å². The number of aliphatic hydroxyl groups is 1. The molecule has 2 aliphatic heterocycles. The molecule has 1 aromatic carbocycles. The van der Waals surface area contributed by atoms with E-state index in [2.05, 4.69) is 38.2 Å². The van der Waals surface area contributed by atoms with Gasteiger partial charge in [-0.05, 0) is 30.7 Å². The summed E-state index contributed by atoms with van der Waals surface area (Å²) in [6.45, 7) is 5.32. The van der Waals surface area contributed by atoms with Gasteiger partial charge in [-0.3, -0.25) is 4.90 Å². The van der Waals surface area contributed by atoms with Crippen molar-refractivity contribution in [2.45, 2.75) is 25.0 Å². The number of morpholine rings is 1. The van der Waals surface area contributed by atoms with Crippen LogP contribution in [0.2, 0.25) is 0 Å². The Morgan fingerprint density at radius 3 is 2.58 bits per heavy atom. The van der Waals surface area contributed by atoms with Crippen LogP contribution in [0.1, 0.15) is 12.8 Å². The van der Waals surface area contributed by atoms with Crippen LogP contribution in [-0.2, 0) is 4.74 Å². The summed E-state index contributed by atoms with van der Waals surface area (Å²) in [4.78, 5) is 4.87. The summed E-state index contributed by atoms with van der Waals surface area (Å²) in [5.74, 6) is 1.08. The normalized spacial score (nSPS) is 29.4. The van der Waals surface area contributed by atoms with Crippen LogP contribution in [0.25, 0.3) is 16.9 Å². The van der Waals surface area contributed by atoms with Gasteiger partial charge >= 0.3 is 0 Å². The van der Waals surface area contributed by atoms with E-state index < -0.39 is 0 Å². The van der Waals surface area contributed by atoms with Crippen molar-refractivity contribution in [1.29, 1.82) is 0 Å². The second-order valence-electron chi connectivity index (χ2n) is 9.06. The zero-order valence-electron chi connectivity index (χ0n) is 17.5. The van der Waals surface area contributed by atoms with Crippen LogP contribution in [0.15, 0.2) is 42.7 Å². The number of hydrogen-bond acceptors (Lipinski definition) is 7. The molecule has 2 aromatic heterocycles.